The minimum Gasteiger partial charge on any atom is -0.497 e. The molecule has 2 aromatic rings. The molecular weight excluding hydrogens is 234 g/mol. The van der Waals surface area contributed by atoms with Gasteiger partial charge >= 0.3 is 0 Å². The van der Waals surface area contributed by atoms with Crippen molar-refractivity contribution in [3.63, 3.8) is 0 Å². The monoisotopic (exact) mass is 259 g/mol. The van der Waals surface area contributed by atoms with Gasteiger partial charge in [-0.15, -0.1) is 0 Å². The number of rotatable bonds is 8. The van der Waals surface area contributed by atoms with E-state index in [0.717, 1.165) is 12.3 Å². The summed E-state index contributed by atoms with van der Waals surface area (Å²) in [6.07, 6.45) is 10.3. The van der Waals surface area contributed by atoms with Crippen molar-refractivity contribution < 1.29 is 4.74 Å². The van der Waals surface area contributed by atoms with Crippen LogP contribution in [0.15, 0.2) is 30.5 Å². The third-order valence-corrected chi connectivity index (χ3v) is 3.73. The van der Waals surface area contributed by atoms with Crippen molar-refractivity contribution in [2.75, 3.05) is 7.11 Å². The second-order valence-electron chi connectivity index (χ2n) is 5.20. The molecule has 0 aliphatic carbocycles. The Hall–Kier alpha value is -1.44. The van der Waals surface area contributed by atoms with Crippen LogP contribution in [0.25, 0.3) is 10.9 Å². The zero-order valence-electron chi connectivity index (χ0n) is 12.2. The number of methoxy groups -OCH3 is 1. The van der Waals surface area contributed by atoms with Gasteiger partial charge in [-0.1, -0.05) is 39.0 Å². The lowest BCUT2D eigenvalue weighted by Crippen LogP contribution is -1.96. The van der Waals surface area contributed by atoms with Gasteiger partial charge in [-0.05, 0) is 30.0 Å². The fourth-order valence-electron chi connectivity index (χ4n) is 2.55. The van der Waals surface area contributed by atoms with Crippen LogP contribution in [0, 0.1) is 0 Å². The number of hydrogen-bond acceptors (Lipinski definition) is 1. The van der Waals surface area contributed by atoms with E-state index in [1.54, 1.807) is 7.11 Å². The molecule has 0 amide bonds. The smallest absolute Gasteiger partial charge is 0.120 e. The molecule has 0 spiro atoms. The summed E-state index contributed by atoms with van der Waals surface area (Å²) >= 11 is 0. The molecule has 0 saturated carbocycles. The molecule has 2 nitrogen and oxygen atoms in total. The van der Waals surface area contributed by atoms with Gasteiger partial charge < -0.3 is 9.30 Å². The predicted octanol–water partition coefficient (Wildman–Crippen LogP) is 5.01. The Morgan fingerprint density at radius 3 is 2.58 bits per heavy atom. The van der Waals surface area contributed by atoms with Gasteiger partial charge in [0, 0.05) is 18.8 Å². The minimum absolute atomic E-state index is 0.940. The lowest BCUT2D eigenvalue weighted by molar-refractivity contribution is 0.415. The highest BCUT2D eigenvalue weighted by Crippen LogP contribution is 2.22. The number of hydrogen-bond donors (Lipinski definition) is 0. The van der Waals surface area contributed by atoms with Gasteiger partial charge in [-0.2, -0.15) is 0 Å². The molecule has 0 fully saturated rings. The summed E-state index contributed by atoms with van der Waals surface area (Å²) in [4.78, 5) is 0. The topological polar surface area (TPSA) is 14.2 Å². The Morgan fingerprint density at radius 1 is 1.00 bits per heavy atom. The van der Waals surface area contributed by atoms with Crippen molar-refractivity contribution in [2.24, 2.45) is 0 Å². The van der Waals surface area contributed by atoms with Crippen LogP contribution in [0.3, 0.4) is 0 Å². The molecule has 2 heteroatoms. The van der Waals surface area contributed by atoms with Gasteiger partial charge in [-0.3, -0.25) is 0 Å². The first-order chi connectivity index (χ1) is 9.35. The maximum absolute atomic E-state index is 5.30. The van der Waals surface area contributed by atoms with Crippen LogP contribution in [-0.4, -0.2) is 11.7 Å². The molecule has 19 heavy (non-hydrogen) atoms. The van der Waals surface area contributed by atoms with Crippen LogP contribution in [0.4, 0.5) is 0 Å². The van der Waals surface area contributed by atoms with Crippen molar-refractivity contribution in [1.82, 2.24) is 4.57 Å². The minimum atomic E-state index is 0.940. The highest BCUT2D eigenvalue weighted by atomic mass is 16.5. The quantitative estimate of drug-likeness (QED) is 0.608. The molecule has 2 rings (SSSR count). The van der Waals surface area contributed by atoms with E-state index in [1.165, 1.54) is 49.4 Å². The zero-order valence-corrected chi connectivity index (χ0v) is 12.2. The van der Waals surface area contributed by atoms with E-state index in [4.69, 9.17) is 4.74 Å². The van der Waals surface area contributed by atoms with Gasteiger partial charge in [0.05, 0.1) is 12.6 Å². The largest absolute Gasteiger partial charge is 0.497 e. The molecule has 0 atom stereocenters. The lowest BCUT2D eigenvalue weighted by Gasteiger charge is -2.07. The molecule has 0 N–H and O–H groups in total. The van der Waals surface area contributed by atoms with Gasteiger partial charge in [0.25, 0.3) is 0 Å². The van der Waals surface area contributed by atoms with Crippen LogP contribution >= 0.6 is 0 Å². The Labute approximate surface area is 116 Å². The molecule has 1 heterocycles. The molecule has 0 unspecified atom stereocenters. The number of aryl methyl sites for hydroxylation is 1. The number of ether oxygens (including phenoxy) is 1. The molecule has 0 aliphatic heterocycles. The number of unbranched alkanes of at least 4 members (excludes halogenated alkanes) is 5. The second kappa shape index (κ2) is 7.22. The maximum Gasteiger partial charge on any atom is 0.120 e. The Bertz CT molecular complexity index is 501. The van der Waals surface area contributed by atoms with E-state index in [2.05, 4.69) is 35.9 Å². The predicted molar refractivity (Wildman–Crippen MR) is 81.9 cm³/mol. The molecule has 0 bridgehead atoms. The van der Waals surface area contributed by atoms with Crippen molar-refractivity contribution in [3.8, 4) is 5.75 Å². The Kier molecular flexibility index (Phi) is 5.31. The first-order valence-electron chi connectivity index (χ1n) is 7.48. The first kappa shape index (κ1) is 14.0. The lowest BCUT2D eigenvalue weighted by atomic mass is 10.1. The van der Waals surface area contributed by atoms with Crippen molar-refractivity contribution in [3.05, 3.63) is 30.5 Å². The van der Waals surface area contributed by atoms with Crippen LogP contribution in [-0.2, 0) is 6.54 Å². The average molecular weight is 259 g/mol. The Morgan fingerprint density at radius 2 is 1.79 bits per heavy atom. The maximum atomic E-state index is 5.30. The van der Waals surface area contributed by atoms with Crippen molar-refractivity contribution >= 4 is 10.9 Å². The normalized spacial score (nSPS) is 11.1. The fraction of sp³-hybridized carbons (Fsp3) is 0.529. The summed E-state index contributed by atoms with van der Waals surface area (Å²) in [5.74, 6) is 0.940. The SMILES string of the molecule is CCCCCCCCn1ccc2ccc(OC)cc21. The molecule has 0 saturated heterocycles. The van der Waals surface area contributed by atoms with Crippen LogP contribution < -0.4 is 4.74 Å². The molecule has 0 aliphatic rings. The van der Waals surface area contributed by atoms with Gasteiger partial charge in [0.15, 0.2) is 0 Å². The number of benzene rings is 1. The van der Waals surface area contributed by atoms with Crippen LogP contribution in [0.2, 0.25) is 0 Å². The molecule has 0 radical (unpaired) electrons. The summed E-state index contributed by atoms with van der Waals surface area (Å²) in [6, 6.07) is 8.47. The van der Waals surface area contributed by atoms with Gasteiger partial charge in [-0.25, -0.2) is 0 Å². The molecular formula is C17H25NO. The summed E-state index contributed by atoms with van der Waals surface area (Å²) in [5.41, 5.74) is 1.29. The second-order valence-corrected chi connectivity index (χ2v) is 5.20. The van der Waals surface area contributed by atoms with Crippen LogP contribution in [0.5, 0.6) is 5.75 Å². The summed E-state index contributed by atoms with van der Waals surface area (Å²) in [5, 5.41) is 1.30. The van der Waals surface area contributed by atoms with E-state index >= 15 is 0 Å². The van der Waals surface area contributed by atoms with E-state index in [9.17, 15) is 0 Å². The van der Waals surface area contributed by atoms with Gasteiger partial charge in [0.2, 0.25) is 0 Å². The standard InChI is InChI=1S/C17H25NO/c1-3-4-5-6-7-8-12-18-13-11-15-9-10-16(19-2)14-17(15)18/h9-11,13-14H,3-8,12H2,1-2H3. The van der Waals surface area contributed by atoms with E-state index < -0.39 is 0 Å². The Balaban J connectivity index is 1.89. The molecule has 1 aromatic heterocycles. The average Bonchev–Trinajstić information content (AvgIpc) is 2.85. The highest BCUT2D eigenvalue weighted by molar-refractivity contribution is 5.81. The summed E-state index contributed by atoms with van der Waals surface area (Å²) in [7, 11) is 1.72. The van der Waals surface area contributed by atoms with Crippen LogP contribution in [0.1, 0.15) is 45.4 Å². The first-order valence-corrected chi connectivity index (χ1v) is 7.48. The number of aromatic nitrogens is 1. The highest BCUT2D eigenvalue weighted by Gasteiger charge is 2.02. The van der Waals surface area contributed by atoms with E-state index in [0.29, 0.717) is 0 Å². The van der Waals surface area contributed by atoms with Gasteiger partial charge in [0.1, 0.15) is 5.75 Å². The zero-order chi connectivity index (χ0) is 13.5. The van der Waals surface area contributed by atoms with Crippen molar-refractivity contribution in [1.29, 1.82) is 0 Å². The third kappa shape index (κ3) is 3.76. The summed E-state index contributed by atoms with van der Waals surface area (Å²) in [6.45, 7) is 3.38. The molecule has 1 aromatic carbocycles. The fourth-order valence-corrected chi connectivity index (χ4v) is 2.55. The third-order valence-electron chi connectivity index (χ3n) is 3.73. The number of fused-ring (bicyclic) bond motifs is 1. The summed E-state index contributed by atoms with van der Waals surface area (Å²) < 4.78 is 7.65. The molecule has 104 valence electrons. The van der Waals surface area contributed by atoms with E-state index in [1.807, 2.05) is 6.07 Å². The van der Waals surface area contributed by atoms with E-state index in [-0.39, 0.29) is 0 Å². The van der Waals surface area contributed by atoms with Crippen molar-refractivity contribution in [2.45, 2.75) is 52.0 Å². The number of nitrogens with zero attached hydrogens (tertiary/aromatic N) is 1.